The van der Waals surface area contributed by atoms with Crippen molar-refractivity contribution in [1.29, 1.82) is 0 Å². The van der Waals surface area contributed by atoms with Gasteiger partial charge in [0, 0.05) is 12.1 Å². The smallest absolute Gasteiger partial charge is 0.122 e. The Morgan fingerprint density at radius 1 is 1.12 bits per heavy atom. The van der Waals surface area contributed by atoms with Gasteiger partial charge in [0.05, 0.1) is 0 Å². The minimum absolute atomic E-state index is 0.00609. The molecular weight excluding hydrogens is 298 g/mol. The number of ether oxygens (including phenoxy) is 1. The number of hydrogen-bond donors (Lipinski definition) is 2. The number of rotatable bonds is 9. The van der Waals surface area contributed by atoms with Crippen LogP contribution in [-0.2, 0) is 0 Å². The Balaban J connectivity index is 2.51. The van der Waals surface area contributed by atoms with E-state index in [0.29, 0.717) is 19.1 Å². The average molecular weight is 336 g/mol. The van der Waals surface area contributed by atoms with Gasteiger partial charge < -0.3 is 15.2 Å². The number of para-hydroxylation sites is 1. The molecule has 0 bridgehead atoms. The van der Waals surface area contributed by atoms with Gasteiger partial charge >= 0.3 is 0 Å². The minimum atomic E-state index is -0.519. The monoisotopic (exact) mass is 335 g/mol. The first-order valence-electron chi connectivity index (χ1n) is 9.19. The van der Waals surface area contributed by atoms with Crippen LogP contribution in [0.15, 0.2) is 24.3 Å². The van der Waals surface area contributed by atoms with Crippen molar-refractivity contribution in [3.8, 4) is 5.75 Å². The van der Waals surface area contributed by atoms with E-state index in [9.17, 15) is 5.11 Å². The Morgan fingerprint density at radius 2 is 1.75 bits per heavy atom. The van der Waals surface area contributed by atoms with Crippen molar-refractivity contribution >= 4 is 0 Å². The number of β-amino-alcohol motifs (C(OH)–C–C–N with tert-alkyl or cyclic N) is 1. The second kappa shape index (κ2) is 8.87. The zero-order valence-corrected chi connectivity index (χ0v) is 16.6. The average Bonchev–Trinajstić information content (AvgIpc) is 2.48. The lowest BCUT2D eigenvalue weighted by molar-refractivity contribution is 0.0938. The van der Waals surface area contributed by atoms with Gasteiger partial charge in [-0.15, -0.1) is 0 Å². The largest absolute Gasteiger partial charge is 0.491 e. The Bertz CT molecular complexity index is 491. The lowest BCUT2D eigenvalue weighted by Crippen LogP contribution is -2.46. The van der Waals surface area contributed by atoms with Crippen molar-refractivity contribution in [2.75, 3.05) is 13.2 Å². The SMILES string of the molecule is CC[C@@H](C)c1ccccc1OC[C@@H](O)CNC(C)(C)CC(C)(C)C. The number of hydrogen-bond acceptors (Lipinski definition) is 3. The van der Waals surface area contributed by atoms with Crippen LogP contribution in [0.4, 0.5) is 0 Å². The molecule has 2 atom stereocenters. The molecule has 3 nitrogen and oxygen atoms in total. The minimum Gasteiger partial charge on any atom is -0.491 e. The number of nitrogens with one attached hydrogen (secondary N) is 1. The molecule has 0 aliphatic carbocycles. The van der Waals surface area contributed by atoms with E-state index in [2.05, 4.69) is 59.8 Å². The summed E-state index contributed by atoms with van der Waals surface area (Å²) in [6, 6.07) is 8.13. The van der Waals surface area contributed by atoms with Gasteiger partial charge in [-0.3, -0.25) is 0 Å². The number of aliphatic hydroxyl groups is 1. The Labute approximate surface area is 148 Å². The summed E-state index contributed by atoms with van der Waals surface area (Å²) in [6.45, 7) is 16.3. The van der Waals surface area contributed by atoms with Crippen LogP contribution < -0.4 is 10.1 Å². The Kier molecular flexibility index (Phi) is 7.75. The molecule has 1 aromatic carbocycles. The predicted octanol–water partition coefficient (Wildman–Crippen LogP) is 4.74. The fraction of sp³-hybridized carbons (Fsp3) is 0.714. The third-order valence-corrected chi connectivity index (χ3v) is 4.28. The summed E-state index contributed by atoms with van der Waals surface area (Å²) in [7, 11) is 0. The van der Waals surface area contributed by atoms with E-state index in [-0.39, 0.29) is 11.0 Å². The summed E-state index contributed by atoms with van der Waals surface area (Å²) in [6.07, 6.45) is 1.60. The van der Waals surface area contributed by atoms with Crippen LogP contribution in [0, 0.1) is 5.41 Å². The fourth-order valence-electron chi connectivity index (χ4n) is 3.27. The quantitative estimate of drug-likeness (QED) is 0.684. The normalized spacial score (nSPS) is 15.2. The molecule has 24 heavy (non-hydrogen) atoms. The van der Waals surface area contributed by atoms with Crippen LogP contribution in [0.2, 0.25) is 0 Å². The van der Waals surface area contributed by atoms with Gasteiger partial charge in [-0.25, -0.2) is 0 Å². The lowest BCUT2D eigenvalue weighted by Gasteiger charge is -2.34. The first-order chi connectivity index (χ1) is 11.0. The van der Waals surface area contributed by atoms with Gasteiger partial charge in [-0.2, -0.15) is 0 Å². The summed E-state index contributed by atoms with van der Waals surface area (Å²) in [5, 5.41) is 13.7. The molecule has 0 saturated carbocycles. The summed E-state index contributed by atoms with van der Waals surface area (Å²) in [5.41, 5.74) is 1.47. The zero-order chi connectivity index (χ0) is 18.4. The maximum atomic E-state index is 10.3. The van der Waals surface area contributed by atoms with Gasteiger partial charge in [0.1, 0.15) is 18.5 Å². The molecule has 0 unspecified atom stereocenters. The number of benzene rings is 1. The van der Waals surface area contributed by atoms with E-state index in [1.54, 1.807) is 0 Å². The summed E-state index contributed by atoms with van der Waals surface area (Å²) in [5.74, 6) is 1.35. The molecule has 3 heteroatoms. The van der Waals surface area contributed by atoms with Crippen molar-refractivity contribution in [2.45, 2.75) is 78.9 Å². The topological polar surface area (TPSA) is 41.5 Å². The highest BCUT2D eigenvalue weighted by Crippen LogP contribution is 2.29. The Hall–Kier alpha value is -1.06. The molecule has 1 aromatic rings. The zero-order valence-electron chi connectivity index (χ0n) is 16.6. The molecule has 0 heterocycles. The van der Waals surface area contributed by atoms with E-state index < -0.39 is 6.10 Å². The van der Waals surface area contributed by atoms with Gasteiger partial charge in [-0.1, -0.05) is 52.8 Å². The van der Waals surface area contributed by atoms with Crippen molar-refractivity contribution in [1.82, 2.24) is 5.32 Å². The maximum absolute atomic E-state index is 10.3. The van der Waals surface area contributed by atoms with Crippen LogP contribution in [0.5, 0.6) is 5.75 Å². The number of aliphatic hydroxyl groups excluding tert-OH is 1. The third kappa shape index (κ3) is 7.67. The molecule has 2 N–H and O–H groups in total. The van der Waals surface area contributed by atoms with Crippen LogP contribution in [0.3, 0.4) is 0 Å². The van der Waals surface area contributed by atoms with Gasteiger partial charge in [0.2, 0.25) is 0 Å². The lowest BCUT2D eigenvalue weighted by atomic mass is 9.82. The van der Waals surface area contributed by atoms with Crippen LogP contribution in [0.25, 0.3) is 0 Å². The molecule has 0 aliphatic rings. The van der Waals surface area contributed by atoms with E-state index in [1.165, 1.54) is 5.56 Å². The molecule has 0 aromatic heterocycles. The van der Waals surface area contributed by atoms with Crippen LogP contribution in [-0.4, -0.2) is 29.9 Å². The summed E-state index contributed by atoms with van der Waals surface area (Å²) >= 11 is 0. The third-order valence-electron chi connectivity index (χ3n) is 4.28. The Morgan fingerprint density at radius 3 is 2.33 bits per heavy atom. The van der Waals surface area contributed by atoms with E-state index in [0.717, 1.165) is 18.6 Å². The van der Waals surface area contributed by atoms with Gasteiger partial charge in [0.25, 0.3) is 0 Å². The first-order valence-corrected chi connectivity index (χ1v) is 9.19. The molecule has 0 amide bonds. The summed E-state index contributed by atoms with van der Waals surface area (Å²) in [4.78, 5) is 0. The van der Waals surface area contributed by atoms with Gasteiger partial charge in [-0.05, 0) is 49.7 Å². The van der Waals surface area contributed by atoms with Crippen molar-refractivity contribution < 1.29 is 9.84 Å². The highest BCUT2D eigenvalue weighted by atomic mass is 16.5. The molecule has 0 radical (unpaired) electrons. The molecule has 0 spiro atoms. The molecular formula is C21H37NO2. The van der Waals surface area contributed by atoms with Crippen molar-refractivity contribution in [3.05, 3.63) is 29.8 Å². The van der Waals surface area contributed by atoms with E-state index in [1.807, 2.05) is 18.2 Å². The van der Waals surface area contributed by atoms with Crippen LogP contribution >= 0.6 is 0 Å². The molecule has 138 valence electrons. The van der Waals surface area contributed by atoms with Crippen molar-refractivity contribution in [3.63, 3.8) is 0 Å². The van der Waals surface area contributed by atoms with Gasteiger partial charge in [0.15, 0.2) is 0 Å². The maximum Gasteiger partial charge on any atom is 0.122 e. The standard InChI is InChI=1S/C21H37NO2/c1-8-16(2)18-11-9-10-12-19(18)24-14-17(23)13-22-21(6,7)15-20(3,4)5/h9-12,16-17,22-23H,8,13-15H2,1-7H3/t16-,17+/m1/s1. The molecule has 1 rings (SSSR count). The first kappa shape index (κ1) is 21.0. The van der Waals surface area contributed by atoms with Crippen molar-refractivity contribution in [2.24, 2.45) is 5.41 Å². The van der Waals surface area contributed by atoms with E-state index in [4.69, 9.17) is 4.74 Å². The van der Waals surface area contributed by atoms with E-state index >= 15 is 0 Å². The second-order valence-electron chi connectivity index (χ2n) is 8.81. The highest BCUT2D eigenvalue weighted by Gasteiger charge is 2.25. The second-order valence-corrected chi connectivity index (χ2v) is 8.81. The molecule has 0 fully saturated rings. The molecule has 0 saturated heterocycles. The molecule has 0 aliphatic heterocycles. The fourth-order valence-corrected chi connectivity index (χ4v) is 3.27. The summed E-state index contributed by atoms with van der Waals surface area (Å²) < 4.78 is 5.90. The highest BCUT2D eigenvalue weighted by molar-refractivity contribution is 5.35. The predicted molar refractivity (Wildman–Crippen MR) is 103 cm³/mol. The van der Waals surface area contributed by atoms with Crippen LogP contribution in [0.1, 0.15) is 72.8 Å².